The number of piperidine rings is 1. The number of nitrogens with zero attached hydrogens (tertiary/aromatic N) is 2. The molecule has 1 aromatic rings. The number of benzene rings is 1. The molecule has 2 aliphatic heterocycles. The molecule has 2 aliphatic rings. The van der Waals surface area contributed by atoms with Gasteiger partial charge in [0, 0.05) is 18.8 Å². The molecule has 8 heteroatoms. The van der Waals surface area contributed by atoms with Crippen molar-refractivity contribution in [3.63, 3.8) is 0 Å². The van der Waals surface area contributed by atoms with E-state index in [1.54, 1.807) is 18.2 Å². The fourth-order valence-corrected chi connectivity index (χ4v) is 3.50. The zero-order valence-electron chi connectivity index (χ0n) is 12.1. The Morgan fingerprint density at radius 3 is 2.39 bits per heavy atom. The van der Waals surface area contributed by atoms with Crippen molar-refractivity contribution in [2.75, 3.05) is 24.5 Å². The lowest BCUT2D eigenvalue weighted by Gasteiger charge is -2.37. The zero-order valence-corrected chi connectivity index (χ0v) is 12.1. The van der Waals surface area contributed by atoms with Crippen molar-refractivity contribution in [2.45, 2.75) is 24.4 Å². The second-order valence-corrected chi connectivity index (χ2v) is 5.88. The molecule has 3 rings (SSSR count). The molecule has 0 aliphatic carbocycles. The van der Waals surface area contributed by atoms with E-state index in [1.807, 2.05) is 0 Å². The maximum Gasteiger partial charge on any atom is 0.407 e. The third kappa shape index (κ3) is 2.51. The van der Waals surface area contributed by atoms with E-state index < -0.39 is 30.1 Å². The number of alkyl halides is 3. The van der Waals surface area contributed by atoms with Gasteiger partial charge >= 0.3 is 12.3 Å². The Kier molecular flexibility index (Phi) is 3.50. The number of carboxylic acid groups (broad SMARTS) is 1. The van der Waals surface area contributed by atoms with Gasteiger partial charge in [-0.2, -0.15) is 13.2 Å². The van der Waals surface area contributed by atoms with Gasteiger partial charge in [0.1, 0.15) is 6.54 Å². The number of likely N-dealkylation sites (tertiary alicyclic amines) is 1. The van der Waals surface area contributed by atoms with Gasteiger partial charge in [0.2, 0.25) is 5.91 Å². The van der Waals surface area contributed by atoms with Gasteiger partial charge < -0.3 is 14.9 Å². The molecule has 2 heterocycles. The molecule has 0 aromatic heterocycles. The summed E-state index contributed by atoms with van der Waals surface area (Å²) in [5, 5.41) is 9.02. The van der Waals surface area contributed by atoms with Gasteiger partial charge in [-0.1, -0.05) is 18.2 Å². The summed E-state index contributed by atoms with van der Waals surface area (Å²) in [7, 11) is 0. The van der Waals surface area contributed by atoms with E-state index in [4.69, 9.17) is 5.11 Å². The molecule has 1 spiro atoms. The highest BCUT2D eigenvalue weighted by Gasteiger charge is 2.54. The first-order valence-electron chi connectivity index (χ1n) is 7.21. The zero-order chi connectivity index (χ0) is 16.8. The van der Waals surface area contributed by atoms with Crippen LogP contribution in [0.4, 0.5) is 23.7 Å². The summed E-state index contributed by atoms with van der Waals surface area (Å²) >= 11 is 0. The number of rotatable bonds is 1. The minimum atomic E-state index is -4.49. The summed E-state index contributed by atoms with van der Waals surface area (Å²) in [6, 6.07) is 6.47. The predicted molar refractivity (Wildman–Crippen MR) is 75.4 cm³/mol. The third-order valence-electron chi connectivity index (χ3n) is 4.59. The Balaban J connectivity index is 1.97. The lowest BCUT2D eigenvalue weighted by Crippen LogP contribution is -2.51. The second kappa shape index (κ2) is 5.14. The average molecular weight is 328 g/mol. The first-order chi connectivity index (χ1) is 10.7. The molecule has 2 amide bonds. The molecule has 1 N–H and O–H groups in total. The van der Waals surface area contributed by atoms with Crippen LogP contribution in [0.2, 0.25) is 0 Å². The summed E-state index contributed by atoms with van der Waals surface area (Å²) < 4.78 is 38.5. The number of fused-ring (bicyclic) bond motifs is 2. The maximum absolute atomic E-state index is 12.8. The SMILES string of the molecule is O=C(O)N1CCC2(CC1)C(=O)N(CC(F)(F)F)c1ccccc12. The van der Waals surface area contributed by atoms with Gasteiger partial charge in [0.15, 0.2) is 0 Å². The van der Waals surface area contributed by atoms with Crippen molar-refractivity contribution in [1.29, 1.82) is 0 Å². The summed E-state index contributed by atoms with van der Waals surface area (Å²) in [6.45, 7) is -1.06. The van der Waals surface area contributed by atoms with E-state index in [0.717, 1.165) is 4.90 Å². The van der Waals surface area contributed by atoms with Crippen LogP contribution in [0.5, 0.6) is 0 Å². The molecule has 0 atom stereocenters. The number of hydrogen-bond acceptors (Lipinski definition) is 2. The Hall–Kier alpha value is -2.25. The fourth-order valence-electron chi connectivity index (χ4n) is 3.50. The Morgan fingerprint density at radius 1 is 1.22 bits per heavy atom. The predicted octanol–water partition coefficient (Wildman–Crippen LogP) is 2.61. The highest BCUT2D eigenvalue weighted by atomic mass is 19.4. The molecular formula is C15H15F3N2O3. The van der Waals surface area contributed by atoms with Crippen molar-refractivity contribution >= 4 is 17.7 Å². The summed E-state index contributed by atoms with van der Waals surface area (Å²) in [5.41, 5.74) is -0.203. The number of carbonyl (C=O) groups is 2. The molecule has 0 unspecified atom stereocenters. The van der Waals surface area contributed by atoms with E-state index >= 15 is 0 Å². The smallest absolute Gasteiger partial charge is 0.407 e. The van der Waals surface area contributed by atoms with Crippen molar-refractivity contribution in [2.24, 2.45) is 0 Å². The number of halogens is 3. The van der Waals surface area contributed by atoms with Crippen LogP contribution >= 0.6 is 0 Å². The Bertz CT molecular complexity index is 652. The van der Waals surface area contributed by atoms with Crippen LogP contribution in [0.15, 0.2) is 24.3 Å². The van der Waals surface area contributed by atoms with Crippen LogP contribution in [0.25, 0.3) is 0 Å². The van der Waals surface area contributed by atoms with Gasteiger partial charge in [-0.05, 0) is 24.5 Å². The van der Waals surface area contributed by atoms with E-state index in [2.05, 4.69) is 0 Å². The first kappa shape index (κ1) is 15.6. The normalized spacial score (nSPS) is 20.0. The van der Waals surface area contributed by atoms with Crippen molar-refractivity contribution in [3.8, 4) is 0 Å². The number of hydrogen-bond donors (Lipinski definition) is 1. The van der Waals surface area contributed by atoms with E-state index in [9.17, 15) is 22.8 Å². The van der Waals surface area contributed by atoms with E-state index in [0.29, 0.717) is 5.56 Å². The quantitative estimate of drug-likeness (QED) is 0.862. The molecule has 124 valence electrons. The lowest BCUT2D eigenvalue weighted by molar-refractivity contribution is -0.135. The average Bonchev–Trinajstić information content (AvgIpc) is 2.70. The third-order valence-corrected chi connectivity index (χ3v) is 4.59. The van der Waals surface area contributed by atoms with Crippen LogP contribution in [0.3, 0.4) is 0 Å². The summed E-state index contributed by atoms with van der Waals surface area (Å²) in [6.07, 6.45) is -5.17. The highest BCUT2D eigenvalue weighted by Crippen LogP contribution is 2.48. The minimum absolute atomic E-state index is 0.134. The molecule has 23 heavy (non-hydrogen) atoms. The van der Waals surface area contributed by atoms with Crippen LogP contribution < -0.4 is 4.90 Å². The Labute approximate surface area is 130 Å². The number of amides is 2. The molecule has 0 radical (unpaired) electrons. The molecular weight excluding hydrogens is 313 g/mol. The molecule has 1 saturated heterocycles. The largest absolute Gasteiger partial charge is 0.465 e. The molecule has 1 aromatic carbocycles. The van der Waals surface area contributed by atoms with Gasteiger partial charge in [0.25, 0.3) is 0 Å². The number of anilines is 1. The van der Waals surface area contributed by atoms with E-state index in [1.165, 1.54) is 11.0 Å². The highest BCUT2D eigenvalue weighted by molar-refractivity contribution is 6.08. The number of carbonyl (C=O) groups excluding carboxylic acids is 1. The lowest BCUT2D eigenvalue weighted by atomic mass is 9.74. The van der Waals surface area contributed by atoms with Gasteiger partial charge in [-0.15, -0.1) is 0 Å². The monoisotopic (exact) mass is 328 g/mol. The molecule has 5 nitrogen and oxygen atoms in total. The fraction of sp³-hybridized carbons (Fsp3) is 0.467. The van der Waals surface area contributed by atoms with E-state index in [-0.39, 0.29) is 31.6 Å². The molecule has 0 bridgehead atoms. The van der Waals surface area contributed by atoms with Crippen molar-refractivity contribution in [3.05, 3.63) is 29.8 Å². The van der Waals surface area contributed by atoms with Crippen LogP contribution in [0, 0.1) is 0 Å². The standard InChI is InChI=1S/C15H15F3N2O3/c16-15(17,18)9-20-11-4-2-1-3-10(11)14(12(20)21)5-7-19(8-6-14)13(22)23/h1-4H,5-9H2,(H,22,23). The van der Waals surface area contributed by atoms with Crippen LogP contribution in [0.1, 0.15) is 18.4 Å². The maximum atomic E-state index is 12.8. The molecule has 0 saturated carbocycles. The van der Waals surface area contributed by atoms with Crippen molar-refractivity contribution < 1.29 is 27.9 Å². The van der Waals surface area contributed by atoms with Crippen molar-refractivity contribution in [1.82, 2.24) is 4.90 Å². The number of para-hydroxylation sites is 1. The van der Waals surface area contributed by atoms with Crippen LogP contribution in [-0.4, -0.2) is 47.8 Å². The second-order valence-electron chi connectivity index (χ2n) is 5.88. The van der Waals surface area contributed by atoms with Crippen LogP contribution in [-0.2, 0) is 10.2 Å². The first-order valence-corrected chi connectivity index (χ1v) is 7.21. The van der Waals surface area contributed by atoms with Gasteiger partial charge in [0.05, 0.1) is 5.41 Å². The summed E-state index contributed by atoms with van der Waals surface area (Å²) in [4.78, 5) is 25.7. The van der Waals surface area contributed by atoms with Gasteiger partial charge in [-0.3, -0.25) is 4.79 Å². The topological polar surface area (TPSA) is 60.9 Å². The Morgan fingerprint density at radius 2 is 1.83 bits per heavy atom. The van der Waals surface area contributed by atoms with Gasteiger partial charge in [-0.25, -0.2) is 4.79 Å². The minimum Gasteiger partial charge on any atom is -0.465 e. The molecule has 1 fully saturated rings. The summed E-state index contributed by atoms with van der Waals surface area (Å²) in [5.74, 6) is -0.582.